The predicted molar refractivity (Wildman–Crippen MR) is 64.3 cm³/mol. The van der Waals surface area contributed by atoms with Gasteiger partial charge in [-0.2, -0.15) is 0 Å². The molecule has 2 rings (SSSR count). The van der Waals surface area contributed by atoms with Gasteiger partial charge in [0.1, 0.15) is 0 Å². The van der Waals surface area contributed by atoms with Crippen molar-refractivity contribution in [1.29, 1.82) is 0 Å². The fourth-order valence-electron chi connectivity index (χ4n) is 2.03. The van der Waals surface area contributed by atoms with Gasteiger partial charge in [0, 0.05) is 25.5 Å². The summed E-state index contributed by atoms with van der Waals surface area (Å²) < 4.78 is 0. The molecule has 0 radical (unpaired) electrons. The molecule has 4 heteroatoms. The van der Waals surface area contributed by atoms with E-state index in [0.29, 0.717) is 10.9 Å². The fraction of sp³-hybridized carbons (Fsp3) is 0.583. The Hall–Kier alpha value is -0.640. The van der Waals surface area contributed by atoms with Gasteiger partial charge in [-0.25, -0.2) is 0 Å². The third-order valence-electron chi connectivity index (χ3n) is 3.25. The molecule has 2 heterocycles. The first-order chi connectivity index (χ1) is 7.66. The van der Waals surface area contributed by atoms with Gasteiger partial charge in [-0.1, -0.05) is 18.5 Å². The number of aliphatic hydroxyl groups is 1. The van der Waals surface area contributed by atoms with Gasteiger partial charge in [0.05, 0.1) is 11.1 Å². The van der Waals surface area contributed by atoms with E-state index in [4.69, 9.17) is 11.6 Å². The molecule has 2 atom stereocenters. The van der Waals surface area contributed by atoms with Crippen LogP contribution >= 0.6 is 11.6 Å². The molecule has 0 saturated carbocycles. The summed E-state index contributed by atoms with van der Waals surface area (Å²) in [6.07, 6.45) is 4.25. The summed E-state index contributed by atoms with van der Waals surface area (Å²) in [6, 6.07) is 1.94. The minimum Gasteiger partial charge on any atom is -0.392 e. The maximum absolute atomic E-state index is 9.81. The van der Waals surface area contributed by atoms with Crippen LogP contribution in [0.2, 0.25) is 5.02 Å². The van der Waals surface area contributed by atoms with Gasteiger partial charge >= 0.3 is 0 Å². The molecule has 1 N–H and O–H groups in total. The van der Waals surface area contributed by atoms with Crippen molar-refractivity contribution in [2.75, 3.05) is 13.1 Å². The number of nitrogens with zero attached hydrogens (tertiary/aromatic N) is 2. The Bertz CT molecular complexity index is 359. The minimum atomic E-state index is -0.214. The first kappa shape index (κ1) is 11.8. The highest BCUT2D eigenvalue weighted by Crippen LogP contribution is 2.21. The van der Waals surface area contributed by atoms with Crippen LogP contribution in [0, 0.1) is 5.92 Å². The van der Waals surface area contributed by atoms with E-state index < -0.39 is 0 Å². The Morgan fingerprint density at radius 2 is 2.44 bits per heavy atom. The van der Waals surface area contributed by atoms with Crippen molar-refractivity contribution in [3.8, 4) is 0 Å². The van der Waals surface area contributed by atoms with Crippen LogP contribution < -0.4 is 0 Å². The predicted octanol–water partition coefficient (Wildman–Crippen LogP) is 1.94. The number of rotatable bonds is 2. The summed E-state index contributed by atoms with van der Waals surface area (Å²) >= 11 is 6.06. The number of hydrogen-bond donors (Lipinski definition) is 1. The second kappa shape index (κ2) is 5.13. The molecule has 1 saturated heterocycles. The third-order valence-corrected chi connectivity index (χ3v) is 3.59. The lowest BCUT2D eigenvalue weighted by atomic mass is 9.96. The Kier molecular flexibility index (Phi) is 3.79. The van der Waals surface area contributed by atoms with E-state index in [9.17, 15) is 5.11 Å². The van der Waals surface area contributed by atoms with E-state index in [0.717, 1.165) is 31.6 Å². The van der Waals surface area contributed by atoms with Crippen LogP contribution in [0.5, 0.6) is 0 Å². The Balaban J connectivity index is 1.98. The molecule has 16 heavy (non-hydrogen) atoms. The molecule has 1 aliphatic rings. The van der Waals surface area contributed by atoms with Gasteiger partial charge in [-0.3, -0.25) is 9.88 Å². The van der Waals surface area contributed by atoms with E-state index in [-0.39, 0.29) is 6.10 Å². The Labute approximate surface area is 101 Å². The second-order valence-corrected chi connectivity index (χ2v) is 4.94. The van der Waals surface area contributed by atoms with E-state index >= 15 is 0 Å². The van der Waals surface area contributed by atoms with Gasteiger partial charge in [0.2, 0.25) is 0 Å². The number of likely N-dealkylation sites (tertiary alicyclic amines) is 1. The van der Waals surface area contributed by atoms with Crippen LogP contribution in [-0.2, 0) is 6.54 Å². The van der Waals surface area contributed by atoms with Gasteiger partial charge in [-0.05, 0) is 30.5 Å². The number of pyridine rings is 1. The van der Waals surface area contributed by atoms with Gasteiger partial charge in [-0.15, -0.1) is 0 Å². The summed E-state index contributed by atoms with van der Waals surface area (Å²) in [5.74, 6) is 0.407. The van der Waals surface area contributed by atoms with Crippen molar-refractivity contribution in [3.05, 3.63) is 29.0 Å². The standard InChI is InChI=1S/C12H17ClN2O/c1-9-3-5-15(8-12(9)16)7-10-2-4-14-6-11(10)13/h2,4,6,9,12,16H,3,5,7-8H2,1H3. The molecule has 0 amide bonds. The van der Waals surface area contributed by atoms with Crippen molar-refractivity contribution >= 4 is 11.6 Å². The highest BCUT2D eigenvalue weighted by Gasteiger charge is 2.24. The minimum absolute atomic E-state index is 0.214. The van der Waals surface area contributed by atoms with E-state index in [1.165, 1.54) is 0 Å². The second-order valence-electron chi connectivity index (χ2n) is 4.54. The first-order valence-corrected chi connectivity index (χ1v) is 6.03. The zero-order chi connectivity index (χ0) is 11.5. The maximum Gasteiger partial charge on any atom is 0.0693 e. The van der Waals surface area contributed by atoms with E-state index in [1.807, 2.05) is 6.07 Å². The molecule has 0 aliphatic carbocycles. The van der Waals surface area contributed by atoms with Crippen molar-refractivity contribution in [3.63, 3.8) is 0 Å². The molecule has 1 aromatic heterocycles. The largest absolute Gasteiger partial charge is 0.392 e. The zero-order valence-corrected chi connectivity index (χ0v) is 10.2. The summed E-state index contributed by atoms with van der Waals surface area (Å²) in [5.41, 5.74) is 1.08. The molecular formula is C12H17ClN2O. The Morgan fingerprint density at radius 1 is 1.62 bits per heavy atom. The van der Waals surface area contributed by atoms with Gasteiger partial charge < -0.3 is 5.11 Å². The summed E-state index contributed by atoms with van der Waals surface area (Å²) in [7, 11) is 0. The topological polar surface area (TPSA) is 36.4 Å². The van der Waals surface area contributed by atoms with Crippen molar-refractivity contribution in [1.82, 2.24) is 9.88 Å². The molecule has 0 spiro atoms. The van der Waals surface area contributed by atoms with Crippen LogP contribution in [0.25, 0.3) is 0 Å². The van der Waals surface area contributed by atoms with E-state index in [2.05, 4.69) is 16.8 Å². The van der Waals surface area contributed by atoms with Crippen molar-refractivity contribution in [2.24, 2.45) is 5.92 Å². The maximum atomic E-state index is 9.81. The molecule has 0 aromatic carbocycles. The summed E-state index contributed by atoms with van der Waals surface area (Å²) in [6.45, 7) is 4.66. The molecule has 3 nitrogen and oxygen atoms in total. The third kappa shape index (κ3) is 2.73. The van der Waals surface area contributed by atoms with Crippen LogP contribution in [0.3, 0.4) is 0 Å². The molecule has 0 bridgehead atoms. The molecule has 1 aliphatic heterocycles. The number of aromatic nitrogens is 1. The summed E-state index contributed by atoms with van der Waals surface area (Å²) in [4.78, 5) is 6.21. The van der Waals surface area contributed by atoms with Crippen LogP contribution in [0.1, 0.15) is 18.9 Å². The van der Waals surface area contributed by atoms with Crippen LogP contribution in [-0.4, -0.2) is 34.2 Å². The average Bonchev–Trinajstić information content (AvgIpc) is 2.27. The molecular weight excluding hydrogens is 224 g/mol. The quantitative estimate of drug-likeness (QED) is 0.858. The number of β-amino-alcohol motifs (C(OH)–C–C–N with tert-alkyl or cyclic N) is 1. The monoisotopic (exact) mass is 240 g/mol. The van der Waals surface area contributed by atoms with Gasteiger partial charge in [0.15, 0.2) is 0 Å². The fourth-order valence-corrected chi connectivity index (χ4v) is 2.21. The summed E-state index contributed by atoms with van der Waals surface area (Å²) in [5, 5.41) is 10.5. The zero-order valence-electron chi connectivity index (χ0n) is 9.43. The molecule has 88 valence electrons. The lowest BCUT2D eigenvalue weighted by Crippen LogP contribution is -2.42. The average molecular weight is 241 g/mol. The molecule has 1 fully saturated rings. The normalized spacial score (nSPS) is 26.9. The lowest BCUT2D eigenvalue weighted by molar-refractivity contribution is 0.0259. The highest BCUT2D eigenvalue weighted by molar-refractivity contribution is 6.31. The number of piperidine rings is 1. The molecule has 1 aromatic rings. The number of hydrogen-bond acceptors (Lipinski definition) is 3. The van der Waals surface area contributed by atoms with Crippen LogP contribution in [0.4, 0.5) is 0 Å². The first-order valence-electron chi connectivity index (χ1n) is 5.65. The SMILES string of the molecule is CC1CCN(Cc2ccncc2Cl)CC1O. The number of halogens is 1. The van der Waals surface area contributed by atoms with Crippen molar-refractivity contribution in [2.45, 2.75) is 26.0 Å². The van der Waals surface area contributed by atoms with E-state index in [1.54, 1.807) is 12.4 Å². The smallest absolute Gasteiger partial charge is 0.0693 e. The Morgan fingerprint density at radius 3 is 3.12 bits per heavy atom. The van der Waals surface area contributed by atoms with Crippen LogP contribution in [0.15, 0.2) is 18.5 Å². The van der Waals surface area contributed by atoms with Crippen molar-refractivity contribution < 1.29 is 5.11 Å². The lowest BCUT2D eigenvalue weighted by Gasteiger charge is -2.34. The highest BCUT2D eigenvalue weighted by atomic mass is 35.5. The molecule has 2 unspecified atom stereocenters. The number of aliphatic hydroxyl groups excluding tert-OH is 1. The van der Waals surface area contributed by atoms with Gasteiger partial charge in [0.25, 0.3) is 0 Å².